The monoisotopic (exact) mass is 1120 g/mol. The molecule has 458 valence electrons. The SMILES string of the molecule is CC/C=C\C/C=C\C/C=C\C/C=C\C/C=C\CCCCCCCCCCCC(=O)NC(COP(=O)([O-])OCC[N+](C)(C)C)C(/C=C\CCCCCCCCCCC)OC(=O)CCCCCCCCC/C=C/CCCCCCCC. The van der Waals surface area contributed by atoms with E-state index in [0.717, 1.165) is 116 Å². The van der Waals surface area contributed by atoms with E-state index in [1.165, 1.54) is 141 Å². The summed E-state index contributed by atoms with van der Waals surface area (Å²) in [5, 5.41) is 3.03. The number of carbonyl (C=O) groups excluding carboxylic acids is 2. The first-order chi connectivity index (χ1) is 38.4. The molecular formula is C69H125N2O7P. The lowest BCUT2D eigenvalue weighted by atomic mass is 10.0. The Morgan fingerprint density at radius 3 is 1.23 bits per heavy atom. The fraction of sp³-hybridized carbons (Fsp3) is 0.768. The van der Waals surface area contributed by atoms with Crippen LogP contribution in [0.2, 0.25) is 0 Å². The first-order valence-electron chi connectivity index (χ1n) is 32.9. The van der Waals surface area contributed by atoms with Gasteiger partial charge in [-0.3, -0.25) is 14.2 Å². The molecule has 0 radical (unpaired) electrons. The molecule has 9 nitrogen and oxygen atoms in total. The lowest BCUT2D eigenvalue weighted by molar-refractivity contribution is -0.870. The molecular weight excluding hydrogens is 1000 g/mol. The van der Waals surface area contributed by atoms with Crippen molar-refractivity contribution in [3.8, 4) is 0 Å². The summed E-state index contributed by atoms with van der Waals surface area (Å²) in [4.78, 5) is 40.0. The highest BCUT2D eigenvalue weighted by Gasteiger charge is 2.27. The van der Waals surface area contributed by atoms with Gasteiger partial charge < -0.3 is 28.5 Å². The first-order valence-corrected chi connectivity index (χ1v) is 34.4. The van der Waals surface area contributed by atoms with E-state index in [4.69, 9.17) is 13.8 Å². The minimum absolute atomic E-state index is 0.0269. The molecule has 3 unspecified atom stereocenters. The zero-order valence-electron chi connectivity index (χ0n) is 52.3. The molecule has 0 rings (SSSR count). The highest BCUT2D eigenvalue weighted by molar-refractivity contribution is 7.45. The van der Waals surface area contributed by atoms with Crippen LogP contribution in [0.4, 0.5) is 0 Å². The van der Waals surface area contributed by atoms with E-state index in [2.05, 4.69) is 99.0 Å². The summed E-state index contributed by atoms with van der Waals surface area (Å²) in [6.07, 6.45) is 76.9. The molecule has 3 atom stereocenters. The van der Waals surface area contributed by atoms with Gasteiger partial charge in [-0.1, -0.05) is 260 Å². The summed E-state index contributed by atoms with van der Waals surface area (Å²) >= 11 is 0. The van der Waals surface area contributed by atoms with Crippen LogP contribution in [0.5, 0.6) is 0 Å². The number of carbonyl (C=O) groups is 2. The van der Waals surface area contributed by atoms with Crippen molar-refractivity contribution in [2.75, 3.05) is 40.9 Å². The van der Waals surface area contributed by atoms with Crippen molar-refractivity contribution in [1.82, 2.24) is 5.32 Å². The number of ether oxygens (including phenoxy) is 1. The summed E-state index contributed by atoms with van der Waals surface area (Å²) in [5.74, 6) is -0.551. The van der Waals surface area contributed by atoms with Crippen molar-refractivity contribution < 1.29 is 37.3 Å². The van der Waals surface area contributed by atoms with E-state index in [0.29, 0.717) is 17.4 Å². The molecule has 0 bridgehead atoms. The van der Waals surface area contributed by atoms with E-state index in [1.807, 2.05) is 33.3 Å². The smallest absolute Gasteiger partial charge is 0.306 e. The molecule has 0 aromatic carbocycles. The molecule has 1 amide bonds. The second-order valence-corrected chi connectivity index (χ2v) is 24.6. The zero-order valence-corrected chi connectivity index (χ0v) is 53.2. The summed E-state index contributed by atoms with van der Waals surface area (Å²) in [6, 6.07) is -0.897. The number of nitrogens with one attached hydrogen (secondary N) is 1. The molecule has 79 heavy (non-hydrogen) atoms. The van der Waals surface area contributed by atoms with Gasteiger partial charge in [-0.25, -0.2) is 0 Å². The zero-order chi connectivity index (χ0) is 57.9. The van der Waals surface area contributed by atoms with E-state index >= 15 is 0 Å². The Balaban J connectivity index is 5.12. The van der Waals surface area contributed by atoms with Gasteiger partial charge in [0.1, 0.15) is 19.3 Å². The number of likely N-dealkylation sites (N-methyl/N-ethyl adjacent to an activating group) is 1. The normalized spacial score (nSPS) is 14.2. The van der Waals surface area contributed by atoms with Gasteiger partial charge in [0.25, 0.3) is 7.82 Å². The van der Waals surface area contributed by atoms with Gasteiger partial charge in [0.2, 0.25) is 5.91 Å². The standard InChI is InChI=1S/C69H125N2O7P/c1-7-10-13-16-19-22-25-27-29-31-32-33-34-35-36-37-38-40-41-43-46-49-52-55-58-61-68(72)70-66(65-77-79(74,75)76-64-63-71(4,5)6)67(60-57-54-51-48-45-24-21-18-15-12-9-3)78-69(73)62-59-56-53-50-47-44-42-39-30-28-26-23-20-17-14-11-8-2/h10,13,19,22,27-30,32-33,35-36,57,60,66-67H,7-9,11-12,14-18,20-21,23-26,31,34,37-56,58-59,61-65H2,1-6H3,(H-,70,72,74,75)/b13-10-,22-19-,29-27-,30-28+,33-32-,36-35-,60-57-. The van der Waals surface area contributed by atoms with Crippen LogP contribution in [-0.4, -0.2) is 69.4 Å². The van der Waals surface area contributed by atoms with Crippen molar-refractivity contribution in [1.29, 1.82) is 0 Å². The predicted octanol–water partition coefficient (Wildman–Crippen LogP) is 19.9. The van der Waals surface area contributed by atoms with Crippen LogP contribution in [-0.2, 0) is 27.9 Å². The number of amides is 1. The molecule has 0 spiro atoms. The molecule has 0 aliphatic heterocycles. The first kappa shape index (κ1) is 76.2. The van der Waals surface area contributed by atoms with Crippen LogP contribution in [0.15, 0.2) is 85.1 Å². The van der Waals surface area contributed by atoms with E-state index in [1.54, 1.807) is 0 Å². The maximum atomic E-state index is 13.6. The third kappa shape index (κ3) is 59.6. The van der Waals surface area contributed by atoms with Crippen molar-refractivity contribution in [3.05, 3.63) is 85.1 Å². The number of allylic oxidation sites excluding steroid dienone is 13. The highest BCUT2D eigenvalue weighted by atomic mass is 31.2. The molecule has 0 aromatic rings. The van der Waals surface area contributed by atoms with Gasteiger partial charge >= 0.3 is 5.97 Å². The molecule has 0 saturated heterocycles. The van der Waals surface area contributed by atoms with Crippen LogP contribution >= 0.6 is 7.82 Å². The Labute approximate surface area is 488 Å². The lowest BCUT2D eigenvalue weighted by Crippen LogP contribution is -2.47. The highest BCUT2D eigenvalue weighted by Crippen LogP contribution is 2.38. The van der Waals surface area contributed by atoms with Gasteiger partial charge in [0, 0.05) is 12.8 Å². The summed E-state index contributed by atoms with van der Waals surface area (Å²) in [5.41, 5.74) is 0. The second-order valence-electron chi connectivity index (χ2n) is 23.2. The molecule has 0 aliphatic rings. The molecule has 0 aliphatic carbocycles. The summed E-state index contributed by atoms with van der Waals surface area (Å²) < 4.78 is 30.3. The number of hydrogen-bond acceptors (Lipinski definition) is 7. The topological polar surface area (TPSA) is 114 Å². The maximum Gasteiger partial charge on any atom is 0.306 e. The Kier molecular flexibility index (Phi) is 56.3. The number of phosphoric acid groups is 1. The number of quaternary nitrogens is 1. The minimum Gasteiger partial charge on any atom is -0.756 e. The number of unbranched alkanes of at least 4 members (excludes halogenated alkanes) is 31. The van der Waals surface area contributed by atoms with Gasteiger partial charge in [-0.05, 0) is 102 Å². The largest absolute Gasteiger partial charge is 0.756 e. The fourth-order valence-corrected chi connectivity index (χ4v) is 9.97. The lowest BCUT2D eigenvalue weighted by Gasteiger charge is -2.30. The van der Waals surface area contributed by atoms with Crippen molar-refractivity contribution in [3.63, 3.8) is 0 Å². The van der Waals surface area contributed by atoms with Crippen molar-refractivity contribution in [2.45, 2.75) is 303 Å². The fourth-order valence-electron chi connectivity index (χ4n) is 9.25. The Bertz CT molecular complexity index is 1630. The number of phosphoric ester groups is 1. The number of nitrogens with zero attached hydrogens (tertiary/aromatic N) is 1. The molecule has 0 aromatic heterocycles. The van der Waals surface area contributed by atoms with Gasteiger partial charge in [-0.15, -0.1) is 0 Å². The van der Waals surface area contributed by atoms with Crippen molar-refractivity contribution in [2.24, 2.45) is 0 Å². The predicted molar refractivity (Wildman–Crippen MR) is 339 cm³/mol. The number of hydrogen-bond donors (Lipinski definition) is 1. The number of esters is 1. The second kappa shape index (κ2) is 58.4. The summed E-state index contributed by atoms with van der Waals surface area (Å²) in [6.45, 7) is 6.72. The Hall–Kier alpha value is -2.81. The molecule has 10 heteroatoms. The van der Waals surface area contributed by atoms with Gasteiger partial charge in [-0.2, -0.15) is 0 Å². The Morgan fingerprint density at radius 1 is 0.456 bits per heavy atom. The maximum absolute atomic E-state index is 13.6. The minimum atomic E-state index is -4.71. The van der Waals surface area contributed by atoms with Crippen LogP contribution < -0.4 is 10.2 Å². The average molecular weight is 1130 g/mol. The molecule has 0 saturated carbocycles. The quantitative estimate of drug-likeness (QED) is 0.0212. The van der Waals surface area contributed by atoms with Gasteiger partial charge in [0.15, 0.2) is 0 Å². The third-order valence-corrected chi connectivity index (χ3v) is 15.3. The molecule has 1 N–H and O–H groups in total. The van der Waals surface area contributed by atoms with Crippen LogP contribution in [0, 0.1) is 0 Å². The van der Waals surface area contributed by atoms with Gasteiger partial charge in [0.05, 0.1) is 33.8 Å². The van der Waals surface area contributed by atoms with E-state index in [9.17, 15) is 19.0 Å². The van der Waals surface area contributed by atoms with Crippen molar-refractivity contribution >= 4 is 19.7 Å². The van der Waals surface area contributed by atoms with Crippen LogP contribution in [0.3, 0.4) is 0 Å². The molecule has 0 fully saturated rings. The van der Waals surface area contributed by atoms with E-state index in [-0.39, 0.29) is 24.9 Å². The summed E-state index contributed by atoms with van der Waals surface area (Å²) in [7, 11) is 1.17. The molecule has 0 heterocycles. The third-order valence-electron chi connectivity index (χ3n) is 14.3. The van der Waals surface area contributed by atoms with Crippen LogP contribution in [0.25, 0.3) is 0 Å². The Morgan fingerprint density at radius 2 is 0.810 bits per heavy atom. The average Bonchev–Trinajstić information content (AvgIpc) is 3.41. The van der Waals surface area contributed by atoms with Crippen LogP contribution in [0.1, 0.15) is 290 Å². The van der Waals surface area contributed by atoms with E-state index < -0.39 is 26.6 Å². The number of rotatable bonds is 59.